The zero-order chi connectivity index (χ0) is 47.0. The average Bonchev–Trinajstić information content (AvgIpc) is 3.26. The van der Waals surface area contributed by atoms with Gasteiger partial charge in [0.1, 0.15) is 12.6 Å². The number of quaternary nitrogens is 1. The molecule has 2 atom stereocenters. The van der Waals surface area contributed by atoms with Crippen molar-refractivity contribution in [3.05, 3.63) is 12.2 Å². The molecule has 0 amide bonds. The van der Waals surface area contributed by atoms with Gasteiger partial charge in [-0.3, -0.25) is 9.59 Å². The van der Waals surface area contributed by atoms with Crippen molar-refractivity contribution in [2.45, 2.75) is 289 Å². The predicted octanol–water partition coefficient (Wildman–Crippen LogP) is 14.9. The van der Waals surface area contributed by atoms with Gasteiger partial charge in [0, 0.05) is 19.3 Å². The van der Waals surface area contributed by atoms with Crippen molar-refractivity contribution in [2.24, 2.45) is 0 Å². The van der Waals surface area contributed by atoms with Crippen LogP contribution in [0.4, 0.5) is 0 Å². The predicted molar refractivity (Wildman–Crippen MR) is 268 cm³/mol. The second-order valence-electron chi connectivity index (χ2n) is 20.2. The summed E-state index contributed by atoms with van der Waals surface area (Å²) in [6.07, 6.45) is 53.9. The Labute approximate surface area is 397 Å². The summed E-state index contributed by atoms with van der Waals surface area (Å²) < 4.78 is 17.3. The quantitative estimate of drug-likeness (QED) is 0.0259. The second kappa shape index (κ2) is 47.6. The molecule has 0 heterocycles. The van der Waals surface area contributed by atoms with Gasteiger partial charge in [-0.15, -0.1) is 0 Å². The number of carboxylic acids is 1. The molecule has 0 N–H and O–H groups in total. The minimum Gasteiger partial charge on any atom is -0.544 e. The first-order chi connectivity index (χ1) is 31.1. The van der Waals surface area contributed by atoms with Crippen molar-refractivity contribution >= 4 is 17.9 Å². The van der Waals surface area contributed by atoms with Crippen molar-refractivity contribution in [1.29, 1.82) is 0 Å². The fraction of sp³-hybridized carbons (Fsp3) is 0.911. The Morgan fingerprint density at radius 2 is 0.781 bits per heavy atom. The van der Waals surface area contributed by atoms with Crippen LogP contribution >= 0.6 is 0 Å². The highest BCUT2D eigenvalue weighted by Gasteiger charge is 2.25. The molecule has 0 aliphatic rings. The lowest BCUT2D eigenvalue weighted by Crippen LogP contribution is -2.55. The van der Waals surface area contributed by atoms with Crippen LogP contribution in [0.5, 0.6) is 0 Å². The van der Waals surface area contributed by atoms with E-state index in [2.05, 4.69) is 26.0 Å². The lowest BCUT2D eigenvalue weighted by molar-refractivity contribution is -0.889. The van der Waals surface area contributed by atoms with Crippen LogP contribution in [0.2, 0.25) is 0 Å². The number of carbonyl (C=O) groups excluding carboxylic acids is 3. The molecule has 8 heteroatoms. The molecular weight excluding hydrogens is 799 g/mol. The van der Waals surface area contributed by atoms with Crippen molar-refractivity contribution in [3.63, 3.8) is 0 Å². The molecule has 0 aliphatic carbocycles. The first-order valence-electron chi connectivity index (χ1n) is 27.7. The molecule has 0 aliphatic heterocycles. The van der Waals surface area contributed by atoms with E-state index in [4.69, 9.17) is 14.2 Å². The van der Waals surface area contributed by atoms with E-state index in [-0.39, 0.29) is 42.7 Å². The van der Waals surface area contributed by atoms with Gasteiger partial charge in [0.2, 0.25) is 0 Å². The maximum atomic E-state index is 12.8. The van der Waals surface area contributed by atoms with E-state index < -0.39 is 18.1 Å². The minimum absolute atomic E-state index is 0.0453. The van der Waals surface area contributed by atoms with E-state index in [0.717, 1.165) is 38.5 Å². The number of hydrogen-bond donors (Lipinski definition) is 0. The average molecular weight is 906 g/mol. The molecule has 0 saturated carbocycles. The number of carboxylic acid groups (broad SMARTS) is 1. The normalized spacial score (nSPS) is 12.8. The van der Waals surface area contributed by atoms with E-state index in [1.165, 1.54) is 205 Å². The van der Waals surface area contributed by atoms with Crippen LogP contribution in [0.1, 0.15) is 277 Å². The van der Waals surface area contributed by atoms with Gasteiger partial charge in [0.05, 0.1) is 40.3 Å². The van der Waals surface area contributed by atoms with Crippen LogP contribution in [0.3, 0.4) is 0 Å². The summed E-state index contributed by atoms with van der Waals surface area (Å²) in [5, 5.41) is 11.7. The molecule has 64 heavy (non-hydrogen) atoms. The molecule has 0 aromatic rings. The Morgan fingerprint density at radius 1 is 0.453 bits per heavy atom. The molecule has 0 spiro atoms. The van der Waals surface area contributed by atoms with Crippen molar-refractivity contribution < 1.29 is 38.2 Å². The lowest BCUT2D eigenvalue weighted by Gasteiger charge is -2.34. The highest BCUT2D eigenvalue weighted by Crippen LogP contribution is 2.17. The lowest BCUT2D eigenvalue weighted by atomic mass is 10.0. The summed E-state index contributed by atoms with van der Waals surface area (Å²) in [6.45, 7) is 4.72. The molecule has 0 saturated heterocycles. The van der Waals surface area contributed by atoms with Gasteiger partial charge in [0.25, 0.3) is 0 Å². The van der Waals surface area contributed by atoms with E-state index in [0.29, 0.717) is 12.8 Å². The molecule has 0 radical (unpaired) electrons. The molecule has 0 fully saturated rings. The third kappa shape index (κ3) is 45.2. The molecule has 0 aromatic carbocycles. The molecular formula is C56H107NO7. The maximum Gasteiger partial charge on any atom is 0.306 e. The number of hydrogen-bond acceptors (Lipinski definition) is 7. The zero-order valence-corrected chi connectivity index (χ0v) is 43.2. The van der Waals surface area contributed by atoms with Crippen LogP contribution < -0.4 is 5.11 Å². The molecule has 0 rings (SSSR count). The smallest absolute Gasteiger partial charge is 0.306 e. The summed E-state index contributed by atoms with van der Waals surface area (Å²) in [6, 6.07) is -0.723. The van der Waals surface area contributed by atoms with Crippen LogP contribution in [0, 0.1) is 0 Å². The highest BCUT2D eigenvalue weighted by atomic mass is 16.6. The Kier molecular flexibility index (Phi) is 46.1. The monoisotopic (exact) mass is 906 g/mol. The summed E-state index contributed by atoms with van der Waals surface area (Å²) in [5.74, 6) is -1.72. The van der Waals surface area contributed by atoms with Gasteiger partial charge in [-0.2, -0.15) is 0 Å². The third-order valence-corrected chi connectivity index (χ3v) is 12.9. The van der Waals surface area contributed by atoms with Crippen LogP contribution in [-0.2, 0) is 28.6 Å². The summed E-state index contributed by atoms with van der Waals surface area (Å²) in [7, 11) is 5.43. The minimum atomic E-state index is -1.12. The first-order valence-corrected chi connectivity index (χ1v) is 27.7. The number of allylic oxidation sites excluding steroid dienone is 2. The summed E-state index contributed by atoms with van der Waals surface area (Å²) in [4.78, 5) is 37.1. The standard InChI is InChI=1S/C56H107NO7/c1-6-8-10-12-14-16-18-20-22-24-26-27-29-30-32-34-36-38-40-42-44-46-54(58)63-51-52(50-62-49-48-53(56(60)61)57(3,4)5)64-55(59)47-45-43-41-39-37-35-33-31-28-25-23-21-19-17-15-13-11-9-7-2/h25,28,52-53H,6-24,26-27,29-51H2,1-5H3/b28-25+. The van der Waals surface area contributed by atoms with Crippen molar-refractivity contribution in [1.82, 2.24) is 0 Å². The Bertz CT molecular complexity index is 1060. The van der Waals surface area contributed by atoms with Crippen molar-refractivity contribution in [3.8, 4) is 0 Å². The number of aliphatic carboxylic acids is 1. The topological polar surface area (TPSA) is 102 Å². The number of unbranched alkanes of at least 4 members (excludes halogenated alkanes) is 35. The number of likely N-dealkylation sites (N-methyl/N-ethyl adjacent to an activating group) is 1. The third-order valence-electron chi connectivity index (χ3n) is 12.9. The highest BCUT2D eigenvalue weighted by molar-refractivity contribution is 5.70. The summed E-state index contributed by atoms with van der Waals surface area (Å²) >= 11 is 0. The number of esters is 2. The fourth-order valence-corrected chi connectivity index (χ4v) is 8.60. The number of ether oxygens (including phenoxy) is 3. The Balaban J connectivity index is 4.16. The molecule has 378 valence electrons. The Morgan fingerprint density at radius 3 is 1.12 bits per heavy atom. The summed E-state index contributed by atoms with van der Waals surface area (Å²) in [5.41, 5.74) is 0. The van der Waals surface area contributed by atoms with Gasteiger partial charge in [-0.25, -0.2) is 0 Å². The molecule has 0 bridgehead atoms. The van der Waals surface area contributed by atoms with Gasteiger partial charge in [-0.05, 0) is 38.5 Å². The van der Waals surface area contributed by atoms with Crippen LogP contribution in [0.15, 0.2) is 12.2 Å². The number of carbonyl (C=O) groups is 3. The van der Waals surface area contributed by atoms with Gasteiger partial charge < -0.3 is 28.6 Å². The molecule has 2 unspecified atom stereocenters. The van der Waals surface area contributed by atoms with E-state index in [1.807, 2.05) is 21.1 Å². The van der Waals surface area contributed by atoms with Crippen LogP contribution in [-0.4, -0.2) is 75.5 Å². The largest absolute Gasteiger partial charge is 0.544 e. The van der Waals surface area contributed by atoms with E-state index in [9.17, 15) is 19.5 Å². The van der Waals surface area contributed by atoms with Gasteiger partial charge in [0.15, 0.2) is 6.10 Å². The SMILES string of the molecule is CCCCCCCCCC/C=C/CCCCCCCCCC(=O)OC(COCCC(C(=O)[O-])[N+](C)(C)C)COC(=O)CCCCCCCCCCCCCCCCCCCCCCC. The maximum absolute atomic E-state index is 12.8. The van der Waals surface area contributed by atoms with Gasteiger partial charge in [-0.1, -0.05) is 231 Å². The first kappa shape index (κ1) is 62.1. The zero-order valence-electron chi connectivity index (χ0n) is 43.2. The van der Waals surface area contributed by atoms with Gasteiger partial charge >= 0.3 is 11.9 Å². The Hall–Kier alpha value is -1.93. The van der Waals surface area contributed by atoms with Crippen LogP contribution in [0.25, 0.3) is 0 Å². The van der Waals surface area contributed by atoms with E-state index in [1.54, 1.807) is 0 Å². The second-order valence-corrected chi connectivity index (χ2v) is 20.2. The van der Waals surface area contributed by atoms with E-state index >= 15 is 0 Å². The molecule has 0 aromatic heterocycles. The molecule has 8 nitrogen and oxygen atoms in total. The van der Waals surface area contributed by atoms with Crippen molar-refractivity contribution in [2.75, 3.05) is 41.0 Å². The number of rotatable bonds is 51. The number of nitrogens with zero attached hydrogens (tertiary/aromatic N) is 1. The fourth-order valence-electron chi connectivity index (χ4n) is 8.60.